The van der Waals surface area contributed by atoms with Crippen LogP contribution in [0.25, 0.3) is 0 Å². The lowest BCUT2D eigenvalue weighted by atomic mass is 10.2. The number of pyridine rings is 1. The van der Waals surface area contributed by atoms with E-state index in [-0.39, 0.29) is 24.3 Å². The summed E-state index contributed by atoms with van der Waals surface area (Å²) >= 11 is 0. The van der Waals surface area contributed by atoms with Crippen molar-refractivity contribution in [1.29, 1.82) is 0 Å². The Hall–Kier alpha value is -3.09. The van der Waals surface area contributed by atoms with Crippen LogP contribution in [-0.2, 0) is 4.79 Å². The lowest BCUT2D eigenvalue weighted by Crippen LogP contribution is -2.32. The van der Waals surface area contributed by atoms with Crippen molar-refractivity contribution in [1.82, 2.24) is 9.88 Å². The Labute approximate surface area is 151 Å². The standard InChI is InChI=1S/C19H21N3O4/c1-25-19-16(8-5-9-20-19)18(24)21-14-6-4-7-15(12-14)26-13-17(23)22-10-2-3-11-22/h4-9,12H,2-3,10-11,13H2,1H3,(H,21,24). The molecule has 3 rings (SSSR count). The molecule has 1 fully saturated rings. The smallest absolute Gasteiger partial charge is 0.261 e. The summed E-state index contributed by atoms with van der Waals surface area (Å²) in [6.07, 6.45) is 3.65. The Morgan fingerprint density at radius 2 is 2.00 bits per heavy atom. The molecule has 0 atom stereocenters. The van der Waals surface area contributed by atoms with Crippen LogP contribution in [0, 0.1) is 0 Å². The molecule has 1 aliphatic rings. The minimum Gasteiger partial charge on any atom is -0.484 e. The van der Waals surface area contributed by atoms with E-state index >= 15 is 0 Å². The summed E-state index contributed by atoms with van der Waals surface area (Å²) < 4.78 is 10.7. The van der Waals surface area contributed by atoms with E-state index in [0.717, 1.165) is 25.9 Å². The number of carbonyl (C=O) groups excluding carboxylic acids is 2. The van der Waals surface area contributed by atoms with Gasteiger partial charge in [-0.3, -0.25) is 9.59 Å². The fourth-order valence-electron chi connectivity index (χ4n) is 2.79. The third-order valence-electron chi connectivity index (χ3n) is 4.12. The molecule has 2 aromatic rings. The van der Waals surface area contributed by atoms with Gasteiger partial charge in [0, 0.05) is 31.0 Å². The van der Waals surface area contributed by atoms with Gasteiger partial charge in [-0.2, -0.15) is 0 Å². The van der Waals surface area contributed by atoms with Gasteiger partial charge in [-0.25, -0.2) is 4.98 Å². The molecule has 2 amide bonds. The van der Waals surface area contributed by atoms with Crippen LogP contribution in [0.5, 0.6) is 11.6 Å². The van der Waals surface area contributed by atoms with Crippen LogP contribution >= 0.6 is 0 Å². The summed E-state index contributed by atoms with van der Waals surface area (Å²) in [6.45, 7) is 1.59. The SMILES string of the molecule is COc1ncccc1C(=O)Nc1cccc(OCC(=O)N2CCCC2)c1. The minimum atomic E-state index is -0.333. The number of benzene rings is 1. The van der Waals surface area contributed by atoms with Crippen molar-refractivity contribution in [3.8, 4) is 11.6 Å². The number of nitrogens with zero attached hydrogens (tertiary/aromatic N) is 2. The fraction of sp³-hybridized carbons (Fsp3) is 0.316. The number of aromatic nitrogens is 1. The molecule has 26 heavy (non-hydrogen) atoms. The second kappa shape index (κ2) is 8.33. The number of rotatable bonds is 6. The summed E-state index contributed by atoms with van der Waals surface area (Å²) in [5, 5.41) is 2.78. The first kappa shape index (κ1) is 17.7. The molecule has 7 nitrogen and oxygen atoms in total. The van der Waals surface area contributed by atoms with Gasteiger partial charge in [-0.1, -0.05) is 6.07 Å². The maximum atomic E-state index is 12.4. The lowest BCUT2D eigenvalue weighted by Gasteiger charge is -2.16. The van der Waals surface area contributed by atoms with Crippen LogP contribution in [0.1, 0.15) is 23.2 Å². The van der Waals surface area contributed by atoms with Crippen LogP contribution in [0.2, 0.25) is 0 Å². The molecule has 136 valence electrons. The van der Waals surface area contributed by atoms with Crippen molar-refractivity contribution < 1.29 is 19.1 Å². The summed E-state index contributed by atoms with van der Waals surface area (Å²) in [5.74, 6) is 0.430. The summed E-state index contributed by atoms with van der Waals surface area (Å²) in [4.78, 5) is 30.3. The molecule has 7 heteroatoms. The van der Waals surface area contributed by atoms with Crippen LogP contribution in [0.4, 0.5) is 5.69 Å². The van der Waals surface area contributed by atoms with Crippen molar-refractivity contribution in [3.05, 3.63) is 48.2 Å². The number of nitrogens with one attached hydrogen (secondary N) is 1. The van der Waals surface area contributed by atoms with E-state index in [1.54, 1.807) is 47.5 Å². The Morgan fingerprint density at radius 3 is 2.77 bits per heavy atom. The second-order valence-corrected chi connectivity index (χ2v) is 5.92. The molecule has 1 saturated heterocycles. The van der Waals surface area contributed by atoms with Crippen LogP contribution in [0.15, 0.2) is 42.6 Å². The number of methoxy groups -OCH3 is 1. The number of anilines is 1. The normalized spacial score (nSPS) is 13.3. The van der Waals surface area contributed by atoms with E-state index in [0.29, 0.717) is 17.0 Å². The molecule has 1 aromatic heterocycles. The van der Waals surface area contributed by atoms with Crippen molar-refractivity contribution in [2.45, 2.75) is 12.8 Å². The molecular formula is C19H21N3O4. The number of hydrogen-bond donors (Lipinski definition) is 1. The van der Waals surface area contributed by atoms with Gasteiger partial charge in [0.2, 0.25) is 5.88 Å². The highest BCUT2D eigenvalue weighted by Gasteiger charge is 2.18. The topological polar surface area (TPSA) is 80.8 Å². The first-order chi connectivity index (χ1) is 12.7. The molecule has 1 aliphatic heterocycles. The molecule has 1 aromatic carbocycles. The van der Waals surface area contributed by atoms with Crippen molar-refractivity contribution >= 4 is 17.5 Å². The van der Waals surface area contributed by atoms with E-state index < -0.39 is 0 Å². The Morgan fingerprint density at radius 1 is 1.19 bits per heavy atom. The summed E-state index contributed by atoms with van der Waals surface area (Å²) in [7, 11) is 1.46. The number of ether oxygens (including phenoxy) is 2. The van der Waals surface area contributed by atoms with Gasteiger partial charge in [0.05, 0.1) is 7.11 Å². The number of likely N-dealkylation sites (tertiary alicyclic amines) is 1. The summed E-state index contributed by atoms with van der Waals surface area (Å²) in [5.41, 5.74) is 0.901. The maximum absolute atomic E-state index is 12.4. The van der Waals surface area contributed by atoms with E-state index in [2.05, 4.69) is 10.3 Å². The number of amides is 2. The zero-order valence-electron chi connectivity index (χ0n) is 14.6. The Bertz CT molecular complexity index is 788. The van der Waals surface area contributed by atoms with Gasteiger partial charge >= 0.3 is 0 Å². The molecule has 0 bridgehead atoms. The molecule has 1 N–H and O–H groups in total. The van der Waals surface area contributed by atoms with Gasteiger partial charge in [-0.05, 0) is 37.1 Å². The third kappa shape index (κ3) is 4.30. The van der Waals surface area contributed by atoms with Crippen LogP contribution in [0.3, 0.4) is 0 Å². The zero-order valence-corrected chi connectivity index (χ0v) is 14.6. The number of hydrogen-bond acceptors (Lipinski definition) is 5. The van der Waals surface area contributed by atoms with Crippen LogP contribution < -0.4 is 14.8 Å². The largest absolute Gasteiger partial charge is 0.484 e. The van der Waals surface area contributed by atoms with E-state index in [1.165, 1.54) is 7.11 Å². The Balaban J connectivity index is 1.61. The highest BCUT2D eigenvalue weighted by Crippen LogP contribution is 2.20. The minimum absolute atomic E-state index is 0.00612. The van der Waals surface area contributed by atoms with Gasteiger partial charge in [-0.15, -0.1) is 0 Å². The van der Waals surface area contributed by atoms with E-state index in [9.17, 15) is 9.59 Å². The molecule has 0 unspecified atom stereocenters. The predicted octanol–water partition coefficient (Wildman–Crippen LogP) is 2.34. The van der Waals surface area contributed by atoms with Gasteiger partial charge < -0.3 is 19.7 Å². The van der Waals surface area contributed by atoms with E-state index in [4.69, 9.17) is 9.47 Å². The van der Waals surface area contributed by atoms with Crippen molar-refractivity contribution in [2.75, 3.05) is 32.1 Å². The second-order valence-electron chi connectivity index (χ2n) is 5.92. The quantitative estimate of drug-likeness (QED) is 0.860. The molecule has 0 spiro atoms. The molecule has 0 aliphatic carbocycles. The fourth-order valence-corrected chi connectivity index (χ4v) is 2.79. The third-order valence-corrected chi connectivity index (χ3v) is 4.12. The molecular weight excluding hydrogens is 334 g/mol. The van der Waals surface area contributed by atoms with Crippen molar-refractivity contribution in [3.63, 3.8) is 0 Å². The summed E-state index contributed by atoms with van der Waals surface area (Å²) in [6, 6.07) is 10.2. The average molecular weight is 355 g/mol. The Kier molecular flexibility index (Phi) is 5.68. The maximum Gasteiger partial charge on any atom is 0.261 e. The van der Waals surface area contributed by atoms with Gasteiger partial charge in [0.25, 0.3) is 11.8 Å². The first-order valence-electron chi connectivity index (χ1n) is 8.48. The predicted molar refractivity (Wildman–Crippen MR) is 96.5 cm³/mol. The van der Waals surface area contributed by atoms with E-state index in [1.807, 2.05) is 0 Å². The zero-order chi connectivity index (χ0) is 18.4. The van der Waals surface area contributed by atoms with Crippen LogP contribution in [-0.4, -0.2) is 48.5 Å². The number of carbonyl (C=O) groups is 2. The highest BCUT2D eigenvalue weighted by molar-refractivity contribution is 6.05. The van der Waals surface area contributed by atoms with Crippen molar-refractivity contribution in [2.24, 2.45) is 0 Å². The lowest BCUT2D eigenvalue weighted by molar-refractivity contribution is -0.132. The van der Waals surface area contributed by atoms with Gasteiger partial charge in [0.15, 0.2) is 6.61 Å². The molecule has 0 radical (unpaired) electrons. The first-order valence-corrected chi connectivity index (χ1v) is 8.48. The monoisotopic (exact) mass is 355 g/mol. The highest BCUT2D eigenvalue weighted by atomic mass is 16.5. The molecule has 0 saturated carbocycles. The van der Waals surface area contributed by atoms with Gasteiger partial charge in [0.1, 0.15) is 11.3 Å². The average Bonchev–Trinajstić information content (AvgIpc) is 3.21. The molecule has 2 heterocycles.